The standard InChI is InChI=1S/C14H22FN3OS/c1-3-20-8-7-10(2)17-9-11-5-4-6-12(13(11)15)14(16)18-19/h4-6,10,17,19H,3,7-9H2,1-2H3,(H2,16,18). The van der Waals surface area contributed by atoms with Gasteiger partial charge in [-0.3, -0.25) is 0 Å². The first kappa shape index (κ1) is 16.8. The Morgan fingerprint density at radius 1 is 1.55 bits per heavy atom. The fourth-order valence-corrected chi connectivity index (χ4v) is 2.57. The van der Waals surface area contributed by atoms with Gasteiger partial charge in [0.1, 0.15) is 5.82 Å². The molecule has 0 bridgehead atoms. The lowest BCUT2D eigenvalue weighted by molar-refractivity contribution is 0.318. The molecular formula is C14H22FN3OS. The maximum Gasteiger partial charge on any atom is 0.173 e. The van der Waals surface area contributed by atoms with Gasteiger partial charge in [0.15, 0.2) is 5.84 Å². The minimum Gasteiger partial charge on any atom is -0.409 e. The first-order chi connectivity index (χ1) is 9.60. The molecule has 0 aromatic heterocycles. The highest BCUT2D eigenvalue weighted by Gasteiger charge is 2.12. The third-order valence-electron chi connectivity index (χ3n) is 3.00. The molecule has 0 aliphatic rings. The van der Waals surface area contributed by atoms with Crippen molar-refractivity contribution in [2.45, 2.75) is 32.9 Å². The fourth-order valence-electron chi connectivity index (χ4n) is 1.76. The van der Waals surface area contributed by atoms with Gasteiger partial charge in [0.2, 0.25) is 0 Å². The average molecular weight is 299 g/mol. The third kappa shape index (κ3) is 5.02. The van der Waals surface area contributed by atoms with Crippen LogP contribution in [0.3, 0.4) is 0 Å². The Kier molecular flexibility index (Phi) is 7.40. The number of nitrogens with two attached hydrogens (primary N) is 1. The Hall–Kier alpha value is -1.27. The normalized spacial score (nSPS) is 13.4. The van der Waals surface area contributed by atoms with Crippen LogP contribution in [0.1, 0.15) is 31.4 Å². The summed E-state index contributed by atoms with van der Waals surface area (Å²) in [6.45, 7) is 4.65. The first-order valence-electron chi connectivity index (χ1n) is 6.66. The van der Waals surface area contributed by atoms with Crippen LogP contribution in [0.15, 0.2) is 23.4 Å². The molecule has 1 rings (SSSR count). The number of hydrogen-bond acceptors (Lipinski definition) is 4. The molecule has 0 fully saturated rings. The van der Waals surface area contributed by atoms with Gasteiger partial charge in [-0.2, -0.15) is 11.8 Å². The Bertz CT molecular complexity index is 454. The van der Waals surface area contributed by atoms with E-state index in [4.69, 9.17) is 10.9 Å². The van der Waals surface area contributed by atoms with Crippen molar-refractivity contribution in [1.82, 2.24) is 5.32 Å². The maximum absolute atomic E-state index is 14.2. The highest BCUT2D eigenvalue weighted by atomic mass is 32.2. The molecule has 112 valence electrons. The number of benzene rings is 1. The Morgan fingerprint density at radius 2 is 2.30 bits per heavy atom. The van der Waals surface area contributed by atoms with Crippen LogP contribution in [0.5, 0.6) is 0 Å². The number of oxime groups is 1. The molecule has 4 nitrogen and oxygen atoms in total. The molecule has 0 amide bonds. The molecule has 1 atom stereocenters. The molecule has 0 aliphatic carbocycles. The van der Waals surface area contributed by atoms with E-state index in [0.29, 0.717) is 18.2 Å². The van der Waals surface area contributed by atoms with Gasteiger partial charge in [-0.05, 0) is 30.9 Å². The lowest BCUT2D eigenvalue weighted by Gasteiger charge is -2.14. The average Bonchev–Trinajstić information content (AvgIpc) is 2.45. The van der Waals surface area contributed by atoms with Crippen molar-refractivity contribution in [3.63, 3.8) is 0 Å². The van der Waals surface area contributed by atoms with Gasteiger partial charge in [-0.15, -0.1) is 0 Å². The highest BCUT2D eigenvalue weighted by Crippen LogP contribution is 2.13. The van der Waals surface area contributed by atoms with E-state index in [-0.39, 0.29) is 11.4 Å². The summed E-state index contributed by atoms with van der Waals surface area (Å²) in [5.74, 6) is 1.56. The van der Waals surface area contributed by atoms with E-state index in [0.717, 1.165) is 17.9 Å². The van der Waals surface area contributed by atoms with Gasteiger partial charge in [0.05, 0.1) is 5.56 Å². The van der Waals surface area contributed by atoms with E-state index < -0.39 is 5.82 Å². The topological polar surface area (TPSA) is 70.6 Å². The molecule has 0 heterocycles. The van der Waals surface area contributed by atoms with Crippen LogP contribution in [-0.2, 0) is 6.54 Å². The number of hydrogen-bond donors (Lipinski definition) is 3. The number of amidine groups is 1. The monoisotopic (exact) mass is 299 g/mol. The molecule has 1 unspecified atom stereocenters. The van der Waals surface area contributed by atoms with Crippen LogP contribution in [0, 0.1) is 5.82 Å². The summed E-state index contributed by atoms with van der Waals surface area (Å²) in [7, 11) is 0. The second-order valence-electron chi connectivity index (χ2n) is 4.53. The summed E-state index contributed by atoms with van der Waals surface area (Å²) in [6, 6.07) is 5.21. The zero-order valence-corrected chi connectivity index (χ0v) is 12.7. The number of halogens is 1. The minimum atomic E-state index is -0.439. The van der Waals surface area contributed by atoms with Gasteiger partial charge in [-0.25, -0.2) is 4.39 Å². The van der Waals surface area contributed by atoms with Crippen molar-refractivity contribution in [3.8, 4) is 0 Å². The zero-order valence-electron chi connectivity index (χ0n) is 11.9. The summed E-state index contributed by atoms with van der Waals surface area (Å²) in [5.41, 5.74) is 6.08. The molecule has 1 aromatic rings. The molecule has 4 N–H and O–H groups in total. The molecule has 20 heavy (non-hydrogen) atoms. The molecule has 0 radical (unpaired) electrons. The van der Waals surface area contributed by atoms with Gasteiger partial charge in [0, 0.05) is 18.2 Å². The van der Waals surface area contributed by atoms with E-state index in [9.17, 15) is 4.39 Å². The van der Waals surface area contributed by atoms with Crippen LogP contribution in [0.4, 0.5) is 4.39 Å². The molecule has 6 heteroatoms. The fraction of sp³-hybridized carbons (Fsp3) is 0.500. The number of nitrogens with zero attached hydrogens (tertiary/aromatic N) is 1. The molecule has 0 saturated carbocycles. The van der Waals surface area contributed by atoms with Crippen LogP contribution < -0.4 is 11.1 Å². The minimum absolute atomic E-state index is 0.126. The van der Waals surface area contributed by atoms with Gasteiger partial charge in [-0.1, -0.05) is 24.2 Å². The molecule has 0 saturated heterocycles. The highest BCUT2D eigenvalue weighted by molar-refractivity contribution is 7.99. The second-order valence-corrected chi connectivity index (χ2v) is 5.93. The van der Waals surface area contributed by atoms with E-state index in [2.05, 4.69) is 24.3 Å². The van der Waals surface area contributed by atoms with Crippen molar-refractivity contribution in [2.75, 3.05) is 11.5 Å². The van der Waals surface area contributed by atoms with Crippen LogP contribution in [-0.4, -0.2) is 28.6 Å². The van der Waals surface area contributed by atoms with E-state index in [1.807, 2.05) is 11.8 Å². The number of thioether (sulfide) groups is 1. The Balaban J connectivity index is 2.60. The summed E-state index contributed by atoms with van der Waals surface area (Å²) >= 11 is 1.90. The van der Waals surface area contributed by atoms with E-state index in [1.165, 1.54) is 6.07 Å². The maximum atomic E-state index is 14.2. The molecule has 0 aliphatic heterocycles. The second kappa shape index (κ2) is 8.81. The van der Waals surface area contributed by atoms with Gasteiger partial charge in [0.25, 0.3) is 0 Å². The van der Waals surface area contributed by atoms with Crippen LogP contribution in [0.25, 0.3) is 0 Å². The molecule has 1 aromatic carbocycles. The third-order valence-corrected chi connectivity index (χ3v) is 3.94. The predicted octanol–water partition coefficient (Wildman–Crippen LogP) is 2.54. The largest absolute Gasteiger partial charge is 0.409 e. The summed E-state index contributed by atoms with van der Waals surface area (Å²) < 4.78 is 14.2. The summed E-state index contributed by atoms with van der Waals surface area (Å²) in [6.07, 6.45) is 1.04. The van der Waals surface area contributed by atoms with E-state index in [1.54, 1.807) is 12.1 Å². The first-order valence-corrected chi connectivity index (χ1v) is 7.82. The smallest absolute Gasteiger partial charge is 0.173 e. The van der Waals surface area contributed by atoms with Crippen molar-refractivity contribution >= 4 is 17.6 Å². The number of rotatable bonds is 8. The van der Waals surface area contributed by atoms with Crippen LogP contribution in [0.2, 0.25) is 0 Å². The molecular weight excluding hydrogens is 277 g/mol. The van der Waals surface area contributed by atoms with Crippen molar-refractivity contribution in [1.29, 1.82) is 0 Å². The summed E-state index contributed by atoms with van der Waals surface area (Å²) in [5, 5.41) is 14.7. The quantitative estimate of drug-likeness (QED) is 0.227. The molecule has 0 spiro atoms. The van der Waals surface area contributed by atoms with Crippen molar-refractivity contribution in [3.05, 3.63) is 35.1 Å². The zero-order chi connectivity index (χ0) is 15.0. The van der Waals surface area contributed by atoms with Crippen molar-refractivity contribution < 1.29 is 9.60 Å². The van der Waals surface area contributed by atoms with Gasteiger partial charge >= 0.3 is 0 Å². The predicted molar refractivity (Wildman–Crippen MR) is 82.8 cm³/mol. The SMILES string of the molecule is CCSCCC(C)NCc1cccc(/C(N)=N/O)c1F. The summed E-state index contributed by atoms with van der Waals surface area (Å²) in [4.78, 5) is 0. The Labute approximate surface area is 123 Å². The van der Waals surface area contributed by atoms with Gasteiger partial charge < -0.3 is 16.3 Å². The number of nitrogens with one attached hydrogen (secondary N) is 1. The van der Waals surface area contributed by atoms with Crippen LogP contribution >= 0.6 is 11.8 Å². The lowest BCUT2D eigenvalue weighted by atomic mass is 10.1. The van der Waals surface area contributed by atoms with E-state index >= 15 is 0 Å². The Morgan fingerprint density at radius 3 is 2.95 bits per heavy atom. The lowest BCUT2D eigenvalue weighted by Crippen LogP contribution is -2.27. The van der Waals surface area contributed by atoms with Crippen molar-refractivity contribution in [2.24, 2.45) is 10.9 Å².